The molecule has 92 valence electrons. The number of hydrogen-bond donors (Lipinski definition) is 0. The second-order valence-electron chi connectivity index (χ2n) is 3.70. The molecule has 2 aromatic rings. The van der Waals surface area contributed by atoms with Gasteiger partial charge in [-0.2, -0.15) is 16.4 Å². The van der Waals surface area contributed by atoms with Gasteiger partial charge in [-0.3, -0.25) is 4.79 Å². The smallest absolute Gasteiger partial charge is 0.275 e. The van der Waals surface area contributed by atoms with Crippen molar-refractivity contribution in [1.82, 2.24) is 9.78 Å². The summed E-state index contributed by atoms with van der Waals surface area (Å²) in [7, 11) is 3.19. The molecule has 0 aliphatic carbocycles. The average molecular weight is 254 g/mol. The van der Waals surface area contributed by atoms with Gasteiger partial charge in [0.25, 0.3) is 5.56 Å². The van der Waals surface area contributed by atoms with Crippen molar-refractivity contribution < 1.29 is 9.47 Å². The highest BCUT2D eigenvalue weighted by Crippen LogP contribution is 2.14. The van der Waals surface area contributed by atoms with Gasteiger partial charge in [-0.1, -0.05) is 0 Å². The van der Waals surface area contributed by atoms with Crippen LogP contribution in [0.5, 0.6) is 0 Å². The SMILES string of the molecule is COCC(COC)n1ncc2cscc2c1=O. The zero-order valence-corrected chi connectivity index (χ0v) is 10.6. The van der Waals surface area contributed by atoms with Crippen molar-refractivity contribution in [3.63, 3.8) is 0 Å². The van der Waals surface area contributed by atoms with Gasteiger partial charge in [0.15, 0.2) is 0 Å². The summed E-state index contributed by atoms with van der Waals surface area (Å²) in [5, 5.41) is 9.50. The van der Waals surface area contributed by atoms with E-state index in [9.17, 15) is 4.79 Å². The number of hydrogen-bond acceptors (Lipinski definition) is 5. The Morgan fingerprint density at radius 2 is 2.06 bits per heavy atom. The normalized spacial score (nSPS) is 11.5. The molecule has 17 heavy (non-hydrogen) atoms. The quantitative estimate of drug-likeness (QED) is 0.807. The summed E-state index contributed by atoms with van der Waals surface area (Å²) in [6.45, 7) is 0.798. The summed E-state index contributed by atoms with van der Waals surface area (Å²) < 4.78 is 11.6. The van der Waals surface area contributed by atoms with Crippen molar-refractivity contribution in [2.45, 2.75) is 6.04 Å². The number of aromatic nitrogens is 2. The zero-order valence-electron chi connectivity index (χ0n) is 9.75. The van der Waals surface area contributed by atoms with E-state index in [1.54, 1.807) is 20.4 Å². The predicted octanol–water partition coefficient (Wildman–Crippen LogP) is 1.29. The van der Waals surface area contributed by atoms with E-state index in [0.717, 1.165) is 5.39 Å². The van der Waals surface area contributed by atoms with E-state index in [4.69, 9.17) is 9.47 Å². The van der Waals surface area contributed by atoms with Crippen LogP contribution in [0.3, 0.4) is 0 Å². The van der Waals surface area contributed by atoms with E-state index in [1.807, 2.05) is 10.8 Å². The van der Waals surface area contributed by atoms with Crippen LogP contribution in [-0.4, -0.2) is 37.2 Å². The molecular formula is C11H14N2O3S. The molecule has 0 radical (unpaired) electrons. The molecule has 0 aliphatic heterocycles. The topological polar surface area (TPSA) is 53.4 Å². The Kier molecular flexibility index (Phi) is 3.88. The third-order valence-electron chi connectivity index (χ3n) is 2.52. The van der Waals surface area contributed by atoms with E-state index in [-0.39, 0.29) is 11.6 Å². The highest BCUT2D eigenvalue weighted by Gasteiger charge is 2.15. The van der Waals surface area contributed by atoms with Gasteiger partial charge in [0.05, 0.1) is 24.8 Å². The minimum absolute atomic E-state index is 0.0946. The minimum atomic E-state index is -0.193. The van der Waals surface area contributed by atoms with Crippen molar-refractivity contribution in [2.75, 3.05) is 27.4 Å². The Balaban J connectivity index is 2.45. The Bertz CT molecular complexity index is 543. The number of ether oxygens (including phenoxy) is 2. The zero-order chi connectivity index (χ0) is 12.3. The summed E-state index contributed by atoms with van der Waals surface area (Å²) in [5.41, 5.74) is -0.0946. The van der Waals surface area contributed by atoms with Crippen molar-refractivity contribution >= 4 is 22.1 Å². The number of nitrogens with zero attached hydrogens (tertiary/aromatic N) is 2. The molecule has 0 amide bonds. The first-order valence-electron chi connectivity index (χ1n) is 5.19. The van der Waals surface area contributed by atoms with E-state index in [2.05, 4.69) is 5.10 Å². The Hall–Kier alpha value is -1.24. The van der Waals surface area contributed by atoms with Gasteiger partial charge in [-0.25, -0.2) is 4.68 Å². The fraction of sp³-hybridized carbons (Fsp3) is 0.455. The first kappa shape index (κ1) is 12.2. The fourth-order valence-electron chi connectivity index (χ4n) is 1.72. The molecule has 0 aliphatic rings. The molecule has 5 nitrogen and oxygen atoms in total. The maximum Gasteiger partial charge on any atom is 0.275 e. The van der Waals surface area contributed by atoms with Crippen LogP contribution in [0, 0.1) is 0 Å². The van der Waals surface area contributed by atoms with Crippen LogP contribution in [0.1, 0.15) is 6.04 Å². The van der Waals surface area contributed by atoms with Crippen molar-refractivity contribution in [2.24, 2.45) is 0 Å². The third kappa shape index (κ3) is 2.38. The van der Waals surface area contributed by atoms with E-state index in [0.29, 0.717) is 18.6 Å². The molecule has 0 atom stereocenters. The molecule has 0 unspecified atom stereocenters. The Morgan fingerprint density at radius 3 is 2.71 bits per heavy atom. The summed E-state index contributed by atoms with van der Waals surface area (Å²) >= 11 is 1.50. The van der Waals surface area contributed by atoms with Crippen LogP contribution < -0.4 is 5.56 Å². The summed E-state index contributed by atoms with van der Waals surface area (Å²) in [6, 6.07) is -0.193. The largest absolute Gasteiger partial charge is 0.382 e. The fourth-order valence-corrected chi connectivity index (χ4v) is 2.49. The van der Waals surface area contributed by atoms with Crippen LogP contribution in [-0.2, 0) is 9.47 Å². The van der Waals surface area contributed by atoms with Crippen LogP contribution in [0.4, 0.5) is 0 Å². The van der Waals surface area contributed by atoms with Gasteiger partial charge in [0.1, 0.15) is 6.04 Å². The highest BCUT2D eigenvalue weighted by atomic mass is 32.1. The summed E-state index contributed by atoms with van der Waals surface area (Å²) in [6.07, 6.45) is 1.70. The number of rotatable bonds is 5. The van der Waals surface area contributed by atoms with Crippen LogP contribution >= 0.6 is 11.3 Å². The molecule has 2 rings (SSSR count). The standard InChI is InChI=1S/C11H14N2O3S/c1-15-4-9(5-16-2)13-11(14)10-7-17-6-8(10)3-12-13/h3,6-7,9H,4-5H2,1-2H3. The molecule has 0 saturated carbocycles. The predicted molar refractivity (Wildman–Crippen MR) is 66.7 cm³/mol. The van der Waals surface area contributed by atoms with Gasteiger partial charge in [0.2, 0.25) is 0 Å². The summed E-state index contributed by atoms with van der Waals surface area (Å²) in [5.74, 6) is 0. The van der Waals surface area contributed by atoms with Crippen molar-refractivity contribution in [1.29, 1.82) is 0 Å². The minimum Gasteiger partial charge on any atom is -0.382 e. The van der Waals surface area contributed by atoms with Crippen LogP contribution in [0.15, 0.2) is 21.8 Å². The molecule has 0 spiro atoms. The molecule has 6 heteroatoms. The van der Waals surface area contributed by atoms with E-state index < -0.39 is 0 Å². The van der Waals surface area contributed by atoms with Gasteiger partial charge in [0, 0.05) is 30.4 Å². The maximum atomic E-state index is 12.2. The van der Waals surface area contributed by atoms with Gasteiger partial charge in [-0.05, 0) is 0 Å². The van der Waals surface area contributed by atoms with Crippen LogP contribution in [0.2, 0.25) is 0 Å². The van der Waals surface area contributed by atoms with Crippen molar-refractivity contribution in [3.05, 3.63) is 27.3 Å². The molecule has 0 N–H and O–H groups in total. The Morgan fingerprint density at radius 1 is 1.35 bits per heavy atom. The molecular weight excluding hydrogens is 240 g/mol. The third-order valence-corrected chi connectivity index (χ3v) is 3.28. The molecule has 0 fully saturated rings. The monoisotopic (exact) mass is 254 g/mol. The van der Waals surface area contributed by atoms with E-state index >= 15 is 0 Å². The van der Waals surface area contributed by atoms with Gasteiger partial charge in [-0.15, -0.1) is 0 Å². The molecule has 0 saturated heterocycles. The molecule has 0 aromatic carbocycles. The lowest BCUT2D eigenvalue weighted by molar-refractivity contribution is 0.0818. The lowest BCUT2D eigenvalue weighted by Crippen LogP contribution is -2.32. The van der Waals surface area contributed by atoms with Crippen molar-refractivity contribution in [3.8, 4) is 0 Å². The molecule has 0 bridgehead atoms. The highest BCUT2D eigenvalue weighted by molar-refractivity contribution is 7.09. The van der Waals surface area contributed by atoms with Crippen LogP contribution in [0.25, 0.3) is 10.8 Å². The molecule has 2 heterocycles. The second kappa shape index (κ2) is 5.39. The average Bonchev–Trinajstić information content (AvgIpc) is 2.78. The first-order chi connectivity index (χ1) is 8.27. The first-order valence-corrected chi connectivity index (χ1v) is 6.13. The lowest BCUT2D eigenvalue weighted by atomic mass is 10.3. The number of fused-ring (bicyclic) bond motifs is 1. The number of methoxy groups -OCH3 is 2. The maximum absolute atomic E-state index is 12.2. The lowest BCUT2D eigenvalue weighted by Gasteiger charge is -2.16. The van der Waals surface area contributed by atoms with E-state index in [1.165, 1.54) is 16.0 Å². The van der Waals surface area contributed by atoms with Gasteiger partial charge >= 0.3 is 0 Å². The summed E-state index contributed by atoms with van der Waals surface area (Å²) in [4.78, 5) is 12.2. The van der Waals surface area contributed by atoms with Gasteiger partial charge < -0.3 is 9.47 Å². The second-order valence-corrected chi connectivity index (χ2v) is 4.44. The Labute approximate surface area is 103 Å². The molecule has 2 aromatic heterocycles. The number of thiophene rings is 1.